The molecule has 3 atom stereocenters. The molecule has 1 N–H and O–H groups in total. The maximum Gasteiger partial charge on any atom is 0.337 e. The minimum Gasteiger partial charge on any atom is -0.493 e. The molecular weight excluding hydrogens is 450 g/mol. The number of hydrogen-bond donors (Lipinski definition) is 1. The van der Waals surface area contributed by atoms with Crippen molar-refractivity contribution in [1.29, 1.82) is 0 Å². The molecule has 0 aromatic heterocycles. The third-order valence-corrected chi connectivity index (χ3v) is 7.28. The van der Waals surface area contributed by atoms with E-state index in [1.54, 1.807) is 12.1 Å². The van der Waals surface area contributed by atoms with Crippen molar-refractivity contribution in [3.63, 3.8) is 0 Å². The number of ether oxygens (including phenoxy) is 4. The normalized spacial score (nSPS) is 24.6. The van der Waals surface area contributed by atoms with E-state index in [0.29, 0.717) is 46.0 Å². The van der Waals surface area contributed by atoms with E-state index < -0.39 is 23.8 Å². The van der Waals surface area contributed by atoms with Crippen molar-refractivity contribution in [3.8, 4) is 11.5 Å². The number of esters is 2. The van der Waals surface area contributed by atoms with E-state index in [9.17, 15) is 14.4 Å². The Hall–Kier alpha value is -3.29. The van der Waals surface area contributed by atoms with Gasteiger partial charge in [-0.3, -0.25) is 9.59 Å². The number of benzene rings is 1. The van der Waals surface area contributed by atoms with Crippen LogP contribution in [0.15, 0.2) is 40.7 Å². The lowest BCUT2D eigenvalue weighted by atomic mass is 9.69. The van der Waals surface area contributed by atoms with Gasteiger partial charge in [0, 0.05) is 22.5 Å². The number of ketones is 1. The molecule has 35 heavy (non-hydrogen) atoms. The number of Topliss-reactive ketones (excluding diaryl/α,β-unsaturated/α-hetero) is 1. The Balaban J connectivity index is 1.88. The van der Waals surface area contributed by atoms with Gasteiger partial charge in [0.2, 0.25) is 0 Å². The minimum atomic E-state index is -0.954. The van der Waals surface area contributed by atoms with Crippen LogP contribution < -0.4 is 14.8 Å². The van der Waals surface area contributed by atoms with Crippen molar-refractivity contribution in [1.82, 2.24) is 5.32 Å². The number of rotatable bonds is 6. The quantitative estimate of drug-likeness (QED) is 0.482. The molecular formula is C27H33NO7. The zero-order chi connectivity index (χ0) is 25.3. The summed E-state index contributed by atoms with van der Waals surface area (Å²) < 4.78 is 22.1. The Morgan fingerprint density at radius 3 is 2.40 bits per heavy atom. The van der Waals surface area contributed by atoms with Crippen molar-refractivity contribution in [2.24, 2.45) is 11.8 Å². The second kappa shape index (κ2) is 10.1. The molecule has 188 valence electrons. The lowest BCUT2D eigenvalue weighted by molar-refractivity contribution is -0.151. The number of carbonyl (C=O) groups is 3. The number of methoxy groups -OCH3 is 3. The van der Waals surface area contributed by atoms with Gasteiger partial charge >= 0.3 is 11.9 Å². The molecule has 0 amide bonds. The Kier molecular flexibility index (Phi) is 7.19. The number of allylic oxidation sites excluding steroid dienone is 3. The van der Waals surface area contributed by atoms with Crippen LogP contribution in [0, 0.1) is 11.8 Å². The van der Waals surface area contributed by atoms with E-state index >= 15 is 0 Å². The first-order valence-electron chi connectivity index (χ1n) is 12.1. The predicted molar refractivity (Wildman–Crippen MR) is 128 cm³/mol. The van der Waals surface area contributed by atoms with Crippen LogP contribution in [0.2, 0.25) is 0 Å². The van der Waals surface area contributed by atoms with Gasteiger partial charge in [-0.15, -0.1) is 0 Å². The second-order valence-electron chi connectivity index (χ2n) is 9.43. The van der Waals surface area contributed by atoms with Crippen LogP contribution in [0.5, 0.6) is 11.5 Å². The zero-order valence-corrected chi connectivity index (χ0v) is 20.9. The summed E-state index contributed by atoms with van der Waals surface area (Å²) >= 11 is 0. The Morgan fingerprint density at radius 2 is 1.77 bits per heavy atom. The van der Waals surface area contributed by atoms with E-state index in [2.05, 4.69) is 5.32 Å². The summed E-state index contributed by atoms with van der Waals surface area (Å²) in [4.78, 5) is 40.1. The third-order valence-electron chi connectivity index (χ3n) is 7.28. The summed E-state index contributed by atoms with van der Waals surface area (Å²) in [5, 5.41) is 3.29. The molecule has 1 saturated carbocycles. The molecule has 0 radical (unpaired) electrons. The van der Waals surface area contributed by atoms with E-state index in [-0.39, 0.29) is 17.8 Å². The Morgan fingerprint density at radius 1 is 1.06 bits per heavy atom. The summed E-state index contributed by atoms with van der Waals surface area (Å²) in [6.45, 7) is 3.67. The van der Waals surface area contributed by atoms with Gasteiger partial charge in [-0.2, -0.15) is 0 Å². The van der Waals surface area contributed by atoms with Gasteiger partial charge < -0.3 is 24.3 Å². The van der Waals surface area contributed by atoms with Gasteiger partial charge in [0.1, 0.15) is 12.0 Å². The average Bonchev–Trinajstić information content (AvgIpc) is 3.35. The summed E-state index contributed by atoms with van der Waals surface area (Å²) in [5.74, 6) is -2.49. The van der Waals surface area contributed by atoms with Crippen LogP contribution in [0.25, 0.3) is 0 Å². The topological polar surface area (TPSA) is 100 Å². The van der Waals surface area contributed by atoms with Crippen molar-refractivity contribution < 1.29 is 33.3 Å². The minimum absolute atomic E-state index is 0.143. The average molecular weight is 484 g/mol. The van der Waals surface area contributed by atoms with E-state index in [1.807, 2.05) is 19.9 Å². The number of carbonyl (C=O) groups excluding carboxylic acids is 3. The molecule has 0 bridgehead atoms. The van der Waals surface area contributed by atoms with Crippen LogP contribution in [0.4, 0.5) is 0 Å². The van der Waals surface area contributed by atoms with E-state index in [0.717, 1.165) is 25.7 Å². The number of para-hydroxylation sites is 1. The first-order valence-corrected chi connectivity index (χ1v) is 12.1. The monoisotopic (exact) mass is 483 g/mol. The number of hydrogen-bond acceptors (Lipinski definition) is 8. The number of nitrogens with one attached hydrogen (secondary N) is 1. The number of dihydropyridines is 1. The molecule has 8 heteroatoms. The fourth-order valence-electron chi connectivity index (χ4n) is 5.62. The molecule has 0 unspecified atom stereocenters. The molecule has 0 spiro atoms. The van der Waals surface area contributed by atoms with Crippen molar-refractivity contribution >= 4 is 17.7 Å². The fraction of sp³-hybridized carbons (Fsp3) is 0.519. The third kappa shape index (κ3) is 4.42. The molecule has 3 aliphatic rings. The summed E-state index contributed by atoms with van der Waals surface area (Å²) in [5.41, 5.74) is 2.64. The zero-order valence-electron chi connectivity index (χ0n) is 20.9. The van der Waals surface area contributed by atoms with Gasteiger partial charge in [-0.05, 0) is 51.0 Å². The maximum atomic E-state index is 13.9. The smallest absolute Gasteiger partial charge is 0.337 e. The lowest BCUT2D eigenvalue weighted by Gasteiger charge is -2.38. The highest BCUT2D eigenvalue weighted by atomic mass is 16.5. The van der Waals surface area contributed by atoms with Crippen LogP contribution in [-0.4, -0.2) is 45.2 Å². The molecule has 1 fully saturated rings. The molecule has 1 aromatic carbocycles. The Bertz CT molecular complexity index is 1100. The highest BCUT2D eigenvalue weighted by Gasteiger charge is 2.48. The second-order valence-corrected chi connectivity index (χ2v) is 9.43. The molecule has 1 aromatic rings. The first-order chi connectivity index (χ1) is 16.8. The highest BCUT2D eigenvalue weighted by Crippen LogP contribution is 2.49. The maximum absolute atomic E-state index is 13.9. The molecule has 1 heterocycles. The summed E-state index contributed by atoms with van der Waals surface area (Å²) in [7, 11) is 4.33. The van der Waals surface area contributed by atoms with Crippen LogP contribution in [0.3, 0.4) is 0 Å². The van der Waals surface area contributed by atoms with E-state index in [4.69, 9.17) is 18.9 Å². The molecule has 2 aliphatic carbocycles. The summed E-state index contributed by atoms with van der Waals surface area (Å²) in [6, 6.07) is 5.37. The van der Waals surface area contributed by atoms with Crippen molar-refractivity contribution in [3.05, 3.63) is 46.3 Å². The van der Waals surface area contributed by atoms with Gasteiger partial charge in [0.15, 0.2) is 17.3 Å². The van der Waals surface area contributed by atoms with Crippen LogP contribution >= 0.6 is 0 Å². The van der Waals surface area contributed by atoms with Crippen molar-refractivity contribution in [2.45, 2.75) is 58.0 Å². The molecule has 8 nitrogen and oxygen atoms in total. The van der Waals surface area contributed by atoms with Crippen LogP contribution in [-0.2, 0) is 23.9 Å². The van der Waals surface area contributed by atoms with Gasteiger partial charge in [0.25, 0.3) is 0 Å². The standard InChI is InChI=1S/C27H33NO7/c1-14-13-18-23(24(29)20(14)26(30)34-5)22(17-11-8-12-19(32-3)25(17)33-4)21(15(2)28-18)27(31)35-16-9-6-7-10-16/h8,11-12,14,16,20,22,28H,6-7,9-10,13H2,1-5H3/t14-,20+,22-/m1/s1. The highest BCUT2D eigenvalue weighted by molar-refractivity contribution is 6.12. The molecule has 1 aliphatic heterocycles. The summed E-state index contributed by atoms with van der Waals surface area (Å²) in [6.07, 6.45) is 4.02. The van der Waals surface area contributed by atoms with Gasteiger partial charge in [0.05, 0.1) is 32.8 Å². The first kappa shape index (κ1) is 24.8. The molecule has 0 saturated heterocycles. The van der Waals surface area contributed by atoms with Gasteiger partial charge in [-0.1, -0.05) is 19.1 Å². The van der Waals surface area contributed by atoms with E-state index in [1.165, 1.54) is 21.3 Å². The SMILES string of the molecule is COC(=O)[C@@H]1C(=O)C2=C(C[C@H]1C)NC(C)=C(C(=O)OC1CCCC1)[C@H]2c1cccc(OC)c1OC. The lowest BCUT2D eigenvalue weighted by Crippen LogP contribution is -2.43. The van der Waals surface area contributed by atoms with Crippen LogP contribution in [0.1, 0.15) is 57.4 Å². The predicted octanol–water partition coefficient (Wildman–Crippen LogP) is 3.80. The Labute approximate surface area is 205 Å². The molecule has 4 rings (SSSR count). The largest absolute Gasteiger partial charge is 0.493 e. The fourth-order valence-corrected chi connectivity index (χ4v) is 5.62. The van der Waals surface area contributed by atoms with Gasteiger partial charge in [-0.25, -0.2) is 4.79 Å². The van der Waals surface area contributed by atoms with Crippen molar-refractivity contribution in [2.75, 3.05) is 21.3 Å².